The van der Waals surface area contributed by atoms with Gasteiger partial charge < -0.3 is 15.3 Å². The highest BCUT2D eigenvalue weighted by Crippen LogP contribution is 2.28. The summed E-state index contributed by atoms with van der Waals surface area (Å²) in [6.45, 7) is 0.485. The third kappa shape index (κ3) is 3.85. The molecule has 0 spiro atoms. The summed E-state index contributed by atoms with van der Waals surface area (Å²) >= 11 is 0. The Balaban J connectivity index is 1.79. The second-order valence-electron chi connectivity index (χ2n) is 5.44. The lowest BCUT2D eigenvalue weighted by Gasteiger charge is -2.20. The van der Waals surface area contributed by atoms with Crippen LogP contribution in [0.5, 0.6) is 0 Å². The Hall–Kier alpha value is -0.800. The summed E-state index contributed by atoms with van der Waals surface area (Å²) in [6, 6.07) is 3.88. The quantitative estimate of drug-likeness (QED) is 0.816. The van der Waals surface area contributed by atoms with Gasteiger partial charge in [0, 0.05) is 6.42 Å². The number of aryl methyl sites for hydroxylation is 1. The fraction of sp³-hybridized carbons (Fsp3) is 0.733. The van der Waals surface area contributed by atoms with E-state index in [0.29, 0.717) is 18.7 Å². The van der Waals surface area contributed by atoms with Crippen molar-refractivity contribution < 1.29 is 9.52 Å². The second-order valence-corrected chi connectivity index (χ2v) is 5.44. The van der Waals surface area contributed by atoms with Gasteiger partial charge in [-0.2, -0.15) is 0 Å². The summed E-state index contributed by atoms with van der Waals surface area (Å²) in [6.07, 6.45) is 9.19. The molecule has 1 aliphatic carbocycles. The van der Waals surface area contributed by atoms with Crippen LogP contribution in [0.4, 0.5) is 0 Å². The minimum absolute atomic E-state index is 0.485. The van der Waals surface area contributed by atoms with Crippen LogP contribution in [0.1, 0.15) is 62.6 Å². The van der Waals surface area contributed by atoms with E-state index in [2.05, 4.69) is 0 Å². The first kappa shape index (κ1) is 13.6. The van der Waals surface area contributed by atoms with Gasteiger partial charge in [0.2, 0.25) is 0 Å². The SMILES string of the molecule is NCCC(O)c1ccc(CCC2CCCCC2)o1. The number of rotatable bonds is 6. The van der Waals surface area contributed by atoms with Crippen molar-refractivity contribution in [3.05, 3.63) is 23.7 Å². The van der Waals surface area contributed by atoms with E-state index < -0.39 is 6.10 Å². The van der Waals surface area contributed by atoms with E-state index in [0.717, 1.165) is 18.1 Å². The van der Waals surface area contributed by atoms with Crippen LogP contribution in [0.3, 0.4) is 0 Å². The van der Waals surface area contributed by atoms with Gasteiger partial charge in [0.25, 0.3) is 0 Å². The number of nitrogens with two attached hydrogens (primary N) is 1. The molecule has 3 heteroatoms. The van der Waals surface area contributed by atoms with Crippen molar-refractivity contribution in [2.24, 2.45) is 11.7 Å². The maximum atomic E-state index is 9.78. The standard InChI is InChI=1S/C15H25NO2/c16-11-10-14(17)15-9-8-13(18-15)7-6-12-4-2-1-3-5-12/h8-9,12,14,17H,1-7,10-11,16H2. The maximum absolute atomic E-state index is 9.78. The van der Waals surface area contributed by atoms with Crippen LogP contribution in [-0.2, 0) is 6.42 Å². The molecule has 18 heavy (non-hydrogen) atoms. The van der Waals surface area contributed by atoms with Gasteiger partial charge in [0.05, 0.1) is 0 Å². The van der Waals surface area contributed by atoms with Crippen molar-refractivity contribution in [1.82, 2.24) is 0 Å². The summed E-state index contributed by atoms with van der Waals surface area (Å²) in [7, 11) is 0. The summed E-state index contributed by atoms with van der Waals surface area (Å²) in [5.74, 6) is 2.55. The molecule has 1 aliphatic rings. The Labute approximate surface area is 109 Å². The Morgan fingerprint density at radius 2 is 2.06 bits per heavy atom. The molecule has 3 nitrogen and oxygen atoms in total. The molecule has 0 aliphatic heterocycles. The lowest BCUT2D eigenvalue weighted by molar-refractivity contribution is 0.140. The monoisotopic (exact) mass is 251 g/mol. The highest BCUT2D eigenvalue weighted by Gasteiger charge is 2.15. The van der Waals surface area contributed by atoms with E-state index in [1.54, 1.807) is 0 Å². The van der Waals surface area contributed by atoms with Gasteiger partial charge in [0.15, 0.2) is 0 Å². The number of aliphatic hydroxyl groups excluding tert-OH is 1. The molecule has 1 atom stereocenters. The zero-order valence-corrected chi connectivity index (χ0v) is 11.1. The molecule has 102 valence electrons. The third-order valence-corrected chi connectivity index (χ3v) is 3.97. The molecule has 1 heterocycles. The van der Waals surface area contributed by atoms with E-state index in [1.165, 1.54) is 38.5 Å². The number of hydrogen-bond acceptors (Lipinski definition) is 3. The molecule has 2 rings (SSSR count). The third-order valence-electron chi connectivity index (χ3n) is 3.97. The Morgan fingerprint density at radius 3 is 2.78 bits per heavy atom. The molecule has 0 radical (unpaired) electrons. The van der Waals surface area contributed by atoms with E-state index in [1.807, 2.05) is 12.1 Å². The molecule has 0 bridgehead atoms. The van der Waals surface area contributed by atoms with Crippen LogP contribution >= 0.6 is 0 Å². The van der Waals surface area contributed by atoms with Crippen molar-refractivity contribution in [3.8, 4) is 0 Å². The second kappa shape index (κ2) is 6.95. The van der Waals surface area contributed by atoms with Crippen molar-refractivity contribution >= 4 is 0 Å². The summed E-state index contributed by atoms with van der Waals surface area (Å²) < 4.78 is 5.68. The molecule has 1 aromatic heterocycles. The predicted octanol–water partition coefficient (Wildman–Crippen LogP) is 3.17. The van der Waals surface area contributed by atoms with Crippen molar-refractivity contribution in [2.45, 2.75) is 57.5 Å². The van der Waals surface area contributed by atoms with Gasteiger partial charge in [-0.3, -0.25) is 0 Å². The van der Waals surface area contributed by atoms with E-state index in [9.17, 15) is 5.11 Å². The van der Waals surface area contributed by atoms with Crippen LogP contribution in [0.15, 0.2) is 16.5 Å². The van der Waals surface area contributed by atoms with E-state index >= 15 is 0 Å². The topological polar surface area (TPSA) is 59.4 Å². The Morgan fingerprint density at radius 1 is 1.28 bits per heavy atom. The zero-order valence-electron chi connectivity index (χ0n) is 11.1. The molecule has 1 fully saturated rings. The predicted molar refractivity (Wildman–Crippen MR) is 72.2 cm³/mol. The van der Waals surface area contributed by atoms with Crippen LogP contribution < -0.4 is 5.73 Å². The Bertz CT molecular complexity index is 342. The smallest absolute Gasteiger partial charge is 0.132 e. The van der Waals surface area contributed by atoms with Crippen molar-refractivity contribution in [1.29, 1.82) is 0 Å². The average Bonchev–Trinajstić information content (AvgIpc) is 2.87. The molecule has 0 amide bonds. The van der Waals surface area contributed by atoms with Crippen molar-refractivity contribution in [3.63, 3.8) is 0 Å². The molecular formula is C15H25NO2. The van der Waals surface area contributed by atoms with Gasteiger partial charge in [0.1, 0.15) is 17.6 Å². The van der Waals surface area contributed by atoms with Crippen molar-refractivity contribution in [2.75, 3.05) is 6.54 Å². The molecular weight excluding hydrogens is 226 g/mol. The first-order chi connectivity index (χ1) is 8.79. The Kier molecular flexibility index (Phi) is 5.26. The van der Waals surface area contributed by atoms with Gasteiger partial charge in [-0.1, -0.05) is 32.1 Å². The molecule has 1 unspecified atom stereocenters. The molecule has 0 aromatic carbocycles. The number of furan rings is 1. The average molecular weight is 251 g/mol. The van der Waals surface area contributed by atoms with E-state index in [4.69, 9.17) is 10.2 Å². The van der Waals surface area contributed by atoms with Crippen LogP contribution in [0.2, 0.25) is 0 Å². The minimum Gasteiger partial charge on any atom is -0.463 e. The summed E-state index contributed by atoms with van der Waals surface area (Å²) in [5, 5.41) is 9.78. The lowest BCUT2D eigenvalue weighted by atomic mass is 9.86. The van der Waals surface area contributed by atoms with Gasteiger partial charge in [-0.15, -0.1) is 0 Å². The minimum atomic E-state index is -0.543. The highest BCUT2D eigenvalue weighted by atomic mass is 16.4. The number of aliphatic hydroxyl groups is 1. The fourth-order valence-electron chi connectivity index (χ4n) is 2.83. The molecule has 1 saturated carbocycles. The van der Waals surface area contributed by atoms with Gasteiger partial charge in [-0.05, 0) is 37.4 Å². The maximum Gasteiger partial charge on any atom is 0.132 e. The normalized spacial score (nSPS) is 19.0. The molecule has 3 N–H and O–H groups in total. The first-order valence-corrected chi connectivity index (χ1v) is 7.26. The van der Waals surface area contributed by atoms with Gasteiger partial charge >= 0.3 is 0 Å². The van der Waals surface area contributed by atoms with Crippen LogP contribution in [0.25, 0.3) is 0 Å². The van der Waals surface area contributed by atoms with Gasteiger partial charge in [-0.25, -0.2) is 0 Å². The van der Waals surface area contributed by atoms with E-state index in [-0.39, 0.29) is 0 Å². The first-order valence-electron chi connectivity index (χ1n) is 7.26. The molecule has 1 aromatic rings. The highest BCUT2D eigenvalue weighted by molar-refractivity contribution is 5.09. The van der Waals surface area contributed by atoms with Crippen LogP contribution in [0, 0.1) is 5.92 Å². The summed E-state index contributed by atoms with van der Waals surface area (Å²) in [5.41, 5.74) is 5.43. The molecule has 0 saturated heterocycles. The zero-order chi connectivity index (χ0) is 12.8. The van der Waals surface area contributed by atoms with Crippen LogP contribution in [-0.4, -0.2) is 11.7 Å². The summed E-state index contributed by atoms with van der Waals surface area (Å²) in [4.78, 5) is 0. The number of hydrogen-bond donors (Lipinski definition) is 2. The fourth-order valence-corrected chi connectivity index (χ4v) is 2.83. The lowest BCUT2D eigenvalue weighted by Crippen LogP contribution is -2.07. The largest absolute Gasteiger partial charge is 0.463 e.